The molecular weight excluding hydrogens is 201 g/mol. The molecule has 0 aliphatic carbocycles. The summed E-state index contributed by atoms with van der Waals surface area (Å²) < 4.78 is 13.7. The zero-order valence-corrected chi connectivity index (χ0v) is 8.88. The highest BCUT2D eigenvalue weighted by Crippen LogP contribution is 2.16. The van der Waals surface area contributed by atoms with Crippen molar-refractivity contribution in [3.63, 3.8) is 0 Å². The summed E-state index contributed by atoms with van der Waals surface area (Å²) in [5.74, 6) is 0. The van der Waals surface area contributed by atoms with Crippen molar-refractivity contribution in [2.75, 3.05) is 0 Å². The van der Waals surface area contributed by atoms with Gasteiger partial charge < -0.3 is 0 Å². The van der Waals surface area contributed by atoms with E-state index in [-0.39, 0.29) is 0 Å². The molecule has 0 spiro atoms. The van der Waals surface area contributed by atoms with Crippen molar-refractivity contribution >= 4 is 0 Å². The highest BCUT2D eigenvalue weighted by atomic mass is 19.1. The average Bonchev–Trinajstić information content (AvgIpc) is 2.38. The Bertz CT molecular complexity index is 460. The molecule has 16 heavy (non-hydrogen) atoms. The highest BCUT2D eigenvalue weighted by molar-refractivity contribution is 5.61. The van der Waals surface area contributed by atoms with Gasteiger partial charge in [0.25, 0.3) is 0 Å². The fourth-order valence-electron chi connectivity index (χ4n) is 1.56. The molecule has 0 aliphatic heterocycles. The van der Waals surface area contributed by atoms with Gasteiger partial charge in [-0.1, -0.05) is 30.3 Å². The largest absolute Gasteiger partial charge is 0.216 e. The average molecular weight is 214 g/mol. The second-order valence-electron chi connectivity index (χ2n) is 3.51. The molecule has 0 fully saturated rings. The molecule has 0 unspecified atom stereocenters. The van der Waals surface area contributed by atoms with E-state index < -0.39 is 0 Å². The SMILES string of the molecule is FC=CC[n+]1ccc(-c2ccccc2)cc1. The maximum absolute atomic E-state index is 11.8. The molecule has 1 aromatic carbocycles. The summed E-state index contributed by atoms with van der Waals surface area (Å²) in [5.41, 5.74) is 2.36. The molecule has 2 heteroatoms. The molecule has 0 atom stereocenters. The molecule has 1 aromatic heterocycles. The highest BCUT2D eigenvalue weighted by Gasteiger charge is 2.00. The van der Waals surface area contributed by atoms with E-state index in [1.807, 2.05) is 47.3 Å². The van der Waals surface area contributed by atoms with E-state index in [1.54, 1.807) is 0 Å². The molecule has 0 radical (unpaired) electrons. The van der Waals surface area contributed by atoms with Crippen LogP contribution in [0.25, 0.3) is 11.1 Å². The summed E-state index contributed by atoms with van der Waals surface area (Å²) in [4.78, 5) is 0. The maximum Gasteiger partial charge on any atom is 0.169 e. The number of pyridine rings is 1. The number of benzene rings is 1. The Morgan fingerprint density at radius 3 is 2.19 bits per heavy atom. The van der Waals surface area contributed by atoms with Crippen LogP contribution in [0.15, 0.2) is 67.3 Å². The van der Waals surface area contributed by atoms with Gasteiger partial charge in [0.15, 0.2) is 18.9 Å². The molecule has 0 aliphatic rings. The molecular formula is C14H13FN+. The molecule has 0 amide bonds. The van der Waals surface area contributed by atoms with Gasteiger partial charge in [-0.2, -0.15) is 0 Å². The lowest BCUT2D eigenvalue weighted by Crippen LogP contribution is -2.31. The number of allylic oxidation sites excluding steroid dienone is 1. The second kappa shape index (κ2) is 5.21. The first-order chi connectivity index (χ1) is 7.90. The predicted molar refractivity (Wildman–Crippen MR) is 62.3 cm³/mol. The van der Waals surface area contributed by atoms with E-state index in [1.165, 1.54) is 17.2 Å². The Kier molecular flexibility index (Phi) is 3.44. The van der Waals surface area contributed by atoms with Crippen LogP contribution < -0.4 is 4.57 Å². The molecule has 1 nitrogen and oxygen atoms in total. The third-order valence-corrected chi connectivity index (χ3v) is 2.40. The zero-order valence-electron chi connectivity index (χ0n) is 8.88. The van der Waals surface area contributed by atoms with Crippen molar-refractivity contribution in [1.29, 1.82) is 0 Å². The minimum Gasteiger partial charge on any atom is -0.216 e. The molecule has 1 heterocycles. The molecule has 80 valence electrons. The Morgan fingerprint density at radius 2 is 1.56 bits per heavy atom. The lowest BCUT2D eigenvalue weighted by molar-refractivity contribution is -0.687. The van der Waals surface area contributed by atoms with Crippen LogP contribution in [0.3, 0.4) is 0 Å². The van der Waals surface area contributed by atoms with E-state index in [9.17, 15) is 4.39 Å². The van der Waals surface area contributed by atoms with E-state index in [0.29, 0.717) is 12.9 Å². The van der Waals surface area contributed by atoms with Gasteiger partial charge in [-0.05, 0) is 11.1 Å². The fourth-order valence-corrected chi connectivity index (χ4v) is 1.56. The first kappa shape index (κ1) is 10.6. The number of hydrogen-bond donors (Lipinski definition) is 0. The number of aromatic nitrogens is 1. The predicted octanol–water partition coefficient (Wildman–Crippen LogP) is 3.12. The van der Waals surface area contributed by atoms with Crippen LogP contribution in [0.5, 0.6) is 0 Å². The third-order valence-electron chi connectivity index (χ3n) is 2.40. The van der Waals surface area contributed by atoms with E-state index in [2.05, 4.69) is 12.1 Å². The van der Waals surface area contributed by atoms with Crippen molar-refractivity contribution in [1.82, 2.24) is 0 Å². The van der Waals surface area contributed by atoms with E-state index in [0.717, 1.165) is 0 Å². The topological polar surface area (TPSA) is 3.88 Å². The molecule has 2 rings (SSSR count). The molecule has 0 saturated heterocycles. The van der Waals surface area contributed by atoms with Crippen LogP contribution in [0.2, 0.25) is 0 Å². The van der Waals surface area contributed by atoms with Gasteiger partial charge in [-0.3, -0.25) is 0 Å². The van der Waals surface area contributed by atoms with Crippen LogP contribution in [0.4, 0.5) is 4.39 Å². The maximum atomic E-state index is 11.8. The molecule has 0 bridgehead atoms. The fraction of sp³-hybridized carbons (Fsp3) is 0.0714. The molecule has 0 N–H and O–H groups in total. The number of rotatable bonds is 3. The lowest BCUT2D eigenvalue weighted by atomic mass is 10.1. The standard InChI is InChI=1S/C14H13FN/c15-9-4-10-16-11-7-14(8-12-16)13-5-2-1-3-6-13/h1-9,11-12H,10H2/q+1. The minimum absolute atomic E-state index is 0.561. The van der Waals surface area contributed by atoms with Crippen LogP contribution in [0, 0.1) is 0 Å². The van der Waals surface area contributed by atoms with Gasteiger partial charge in [0.1, 0.15) is 0 Å². The summed E-state index contributed by atoms with van der Waals surface area (Å²) in [6, 6.07) is 14.2. The Morgan fingerprint density at radius 1 is 0.938 bits per heavy atom. The van der Waals surface area contributed by atoms with Crippen molar-refractivity contribution < 1.29 is 8.96 Å². The van der Waals surface area contributed by atoms with E-state index >= 15 is 0 Å². The summed E-state index contributed by atoms with van der Waals surface area (Å²) in [6.45, 7) is 0.561. The van der Waals surface area contributed by atoms with Gasteiger partial charge in [-0.25, -0.2) is 8.96 Å². The smallest absolute Gasteiger partial charge is 0.169 e. The Balaban J connectivity index is 2.20. The summed E-state index contributed by atoms with van der Waals surface area (Å²) in [5, 5.41) is 0. The Hall–Kier alpha value is -1.96. The first-order valence-corrected chi connectivity index (χ1v) is 5.20. The monoisotopic (exact) mass is 214 g/mol. The summed E-state index contributed by atoms with van der Waals surface area (Å²) in [7, 11) is 0. The summed E-state index contributed by atoms with van der Waals surface area (Å²) in [6.07, 6.45) is 5.94. The van der Waals surface area contributed by atoms with Gasteiger partial charge in [0.05, 0.1) is 6.33 Å². The summed E-state index contributed by atoms with van der Waals surface area (Å²) >= 11 is 0. The van der Waals surface area contributed by atoms with Gasteiger partial charge >= 0.3 is 0 Å². The van der Waals surface area contributed by atoms with E-state index in [4.69, 9.17) is 0 Å². The number of hydrogen-bond acceptors (Lipinski definition) is 0. The first-order valence-electron chi connectivity index (χ1n) is 5.20. The van der Waals surface area contributed by atoms with Crippen LogP contribution in [0.1, 0.15) is 0 Å². The quantitative estimate of drug-likeness (QED) is 0.691. The lowest BCUT2D eigenvalue weighted by Gasteiger charge is -1.99. The van der Waals surface area contributed by atoms with Crippen molar-refractivity contribution in [3.8, 4) is 11.1 Å². The van der Waals surface area contributed by atoms with Crippen molar-refractivity contribution in [2.45, 2.75) is 6.54 Å². The van der Waals surface area contributed by atoms with Gasteiger partial charge in [-0.15, -0.1) is 0 Å². The zero-order chi connectivity index (χ0) is 11.2. The normalized spacial score (nSPS) is 10.8. The van der Waals surface area contributed by atoms with Gasteiger partial charge in [0, 0.05) is 18.2 Å². The van der Waals surface area contributed by atoms with Crippen LogP contribution in [-0.4, -0.2) is 0 Å². The Labute approximate surface area is 94.5 Å². The number of halogens is 1. The number of nitrogens with zero attached hydrogens (tertiary/aromatic N) is 1. The van der Waals surface area contributed by atoms with Crippen LogP contribution in [-0.2, 0) is 6.54 Å². The van der Waals surface area contributed by atoms with Crippen LogP contribution >= 0.6 is 0 Å². The van der Waals surface area contributed by atoms with Gasteiger partial charge in [0.2, 0.25) is 0 Å². The minimum atomic E-state index is 0.561. The second-order valence-corrected chi connectivity index (χ2v) is 3.51. The molecule has 2 aromatic rings. The van der Waals surface area contributed by atoms with Crippen molar-refractivity contribution in [2.24, 2.45) is 0 Å². The molecule has 0 saturated carbocycles. The van der Waals surface area contributed by atoms with Crippen molar-refractivity contribution in [3.05, 3.63) is 67.3 Å². The third kappa shape index (κ3) is 2.54.